The molecular weight excluding hydrogens is 242 g/mol. The van der Waals surface area contributed by atoms with Crippen LogP contribution in [-0.4, -0.2) is 37.2 Å². The molecule has 0 bridgehead atoms. The summed E-state index contributed by atoms with van der Waals surface area (Å²) < 4.78 is 5.29. The van der Waals surface area contributed by atoms with Crippen LogP contribution in [0.1, 0.15) is 35.8 Å². The van der Waals surface area contributed by atoms with Gasteiger partial charge in [0, 0.05) is 37.6 Å². The first-order valence-corrected chi connectivity index (χ1v) is 6.80. The van der Waals surface area contributed by atoms with Gasteiger partial charge in [-0.25, -0.2) is 4.98 Å². The SMILES string of the molecule is CCc1cc(C(=O)NC2CCOCC2)cc(NC)n1. The van der Waals surface area contributed by atoms with Crippen LogP contribution in [0.15, 0.2) is 12.1 Å². The molecule has 104 valence electrons. The highest BCUT2D eigenvalue weighted by molar-refractivity contribution is 5.95. The summed E-state index contributed by atoms with van der Waals surface area (Å²) >= 11 is 0. The molecule has 0 aromatic carbocycles. The first-order chi connectivity index (χ1) is 9.22. The number of hydrogen-bond donors (Lipinski definition) is 2. The van der Waals surface area contributed by atoms with Gasteiger partial charge < -0.3 is 15.4 Å². The third-order valence-electron chi connectivity index (χ3n) is 3.32. The van der Waals surface area contributed by atoms with E-state index in [1.807, 2.05) is 20.0 Å². The van der Waals surface area contributed by atoms with E-state index in [0.717, 1.165) is 44.0 Å². The lowest BCUT2D eigenvalue weighted by molar-refractivity contribution is 0.0696. The number of anilines is 1. The van der Waals surface area contributed by atoms with E-state index in [0.29, 0.717) is 5.56 Å². The fourth-order valence-corrected chi connectivity index (χ4v) is 2.14. The number of aromatic nitrogens is 1. The smallest absolute Gasteiger partial charge is 0.251 e. The third-order valence-corrected chi connectivity index (χ3v) is 3.32. The Balaban J connectivity index is 2.08. The molecule has 0 radical (unpaired) electrons. The van der Waals surface area contributed by atoms with Crippen molar-refractivity contribution in [3.05, 3.63) is 23.4 Å². The molecule has 1 saturated heterocycles. The molecule has 1 fully saturated rings. The molecule has 5 nitrogen and oxygen atoms in total. The van der Waals surface area contributed by atoms with Crippen molar-refractivity contribution in [1.82, 2.24) is 10.3 Å². The maximum absolute atomic E-state index is 12.2. The van der Waals surface area contributed by atoms with Gasteiger partial charge in [-0.1, -0.05) is 6.92 Å². The average Bonchev–Trinajstić information content (AvgIpc) is 2.47. The number of hydrogen-bond acceptors (Lipinski definition) is 4. The molecule has 5 heteroatoms. The maximum atomic E-state index is 12.2. The maximum Gasteiger partial charge on any atom is 0.251 e. The fourth-order valence-electron chi connectivity index (χ4n) is 2.14. The number of aryl methyl sites for hydroxylation is 1. The zero-order chi connectivity index (χ0) is 13.7. The second-order valence-corrected chi connectivity index (χ2v) is 4.70. The lowest BCUT2D eigenvalue weighted by atomic mass is 10.1. The van der Waals surface area contributed by atoms with Crippen LogP contribution in [0.2, 0.25) is 0 Å². The highest BCUT2D eigenvalue weighted by Gasteiger charge is 2.17. The number of carbonyl (C=O) groups excluding carboxylic acids is 1. The summed E-state index contributed by atoms with van der Waals surface area (Å²) in [5, 5.41) is 6.05. The molecule has 1 aromatic rings. The van der Waals surface area contributed by atoms with Gasteiger partial charge in [0.05, 0.1) is 0 Å². The summed E-state index contributed by atoms with van der Waals surface area (Å²) in [6.45, 7) is 3.48. The molecule has 2 N–H and O–H groups in total. The van der Waals surface area contributed by atoms with Crippen molar-refractivity contribution in [2.75, 3.05) is 25.6 Å². The van der Waals surface area contributed by atoms with Crippen LogP contribution in [-0.2, 0) is 11.2 Å². The van der Waals surface area contributed by atoms with Gasteiger partial charge in [0.1, 0.15) is 5.82 Å². The Bertz CT molecular complexity index is 420. The predicted molar refractivity (Wildman–Crippen MR) is 74.5 cm³/mol. The lowest BCUT2D eigenvalue weighted by Gasteiger charge is -2.23. The standard InChI is InChI=1S/C14H21N3O2/c1-3-11-8-10(9-13(15-2)16-11)14(18)17-12-4-6-19-7-5-12/h8-9,12H,3-7H2,1-2H3,(H,15,16)(H,17,18). The predicted octanol–water partition coefficient (Wildman–Crippen LogP) is 1.59. The molecule has 1 aromatic heterocycles. The first-order valence-electron chi connectivity index (χ1n) is 6.80. The largest absolute Gasteiger partial charge is 0.381 e. The van der Waals surface area contributed by atoms with Gasteiger partial charge in [-0.2, -0.15) is 0 Å². The van der Waals surface area contributed by atoms with E-state index in [2.05, 4.69) is 15.6 Å². The minimum atomic E-state index is -0.0273. The van der Waals surface area contributed by atoms with Crippen molar-refractivity contribution in [2.24, 2.45) is 0 Å². The Morgan fingerprint density at radius 1 is 1.42 bits per heavy atom. The van der Waals surface area contributed by atoms with Gasteiger partial charge in [-0.3, -0.25) is 4.79 Å². The van der Waals surface area contributed by atoms with Crippen LogP contribution in [0.4, 0.5) is 5.82 Å². The quantitative estimate of drug-likeness (QED) is 0.866. The molecule has 0 spiro atoms. The Morgan fingerprint density at radius 2 is 2.16 bits per heavy atom. The fraction of sp³-hybridized carbons (Fsp3) is 0.571. The van der Waals surface area contributed by atoms with Gasteiger partial charge in [0.25, 0.3) is 5.91 Å². The molecule has 0 aliphatic carbocycles. The van der Waals surface area contributed by atoms with Gasteiger partial charge in [0.2, 0.25) is 0 Å². The minimum Gasteiger partial charge on any atom is -0.381 e. The number of carbonyl (C=O) groups is 1. The Labute approximate surface area is 113 Å². The van der Waals surface area contributed by atoms with E-state index < -0.39 is 0 Å². The number of amides is 1. The number of rotatable bonds is 4. The Kier molecular flexibility index (Phi) is 4.74. The van der Waals surface area contributed by atoms with Crippen LogP contribution in [0.3, 0.4) is 0 Å². The molecule has 1 amide bonds. The summed E-state index contributed by atoms with van der Waals surface area (Å²) in [7, 11) is 1.81. The summed E-state index contributed by atoms with van der Waals surface area (Å²) in [6.07, 6.45) is 2.58. The minimum absolute atomic E-state index is 0.0273. The second-order valence-electron chi connectivity index (χ2n) is 4.70. The normalized spacial score (nSPS) is 16.1. The highest BCUT2D eigenvalue weighted by Crippen LogP contribution is 2.13. The van der Waals surface area contributed by atoms with Crippen molar-refractivity contribution >= 4 is 11.7 Å². The lowest BCUT2D eigenvalue weighted by Crippen LogP contribution is -2.39. The van der Waals surface area contributed by atoms with E-state index in [4.69, 9.17) is 4.74 Å². The van der Waals surface area contributed by atoms with E-state index in [9.17, 15) is 4.79 Å². The van der Waals surface area contributed by atoms with Gasteiger partial charge in [-0.15, -0.1) is 0 Å². The van der Waals surface area contributed by atoms with Crippen LogP contribution in [0.5, 0.6) is 0 Å². The molecule has 1 aliphatic heterocycles. The van der Waals surface area contributed by atoms with E-state index in [-0.39, 0.29) is 11.9 Å². The molecule has 0 unspecified atom stereocenters. The highest BCUT2D eigenvalue weighted by atomic mass is 16.5. The van der Waals surface area contributed by atoms with Gasteiger partial charge in [-0.05, 0) is 31.4 Å². The van der Waals surface area contributed by atoms with Gasteiger partial charge >= 0.3 is 0 Å². The van der Waals surface area contributed by atoms with Crippen LogP contribution < -0.4 is 10.6 Å². The molecule has 2 heterocycles. The number of nitrogens with zero attached hydrogens (tertiary/aromatic N) is 1. The number of nitrogens with one attached hydrogen (secondary N) is 2. The number of pyridine rings is 1. The van der Waals surface area contributed by atoms with E-state index in [1.54, 1.807) is 6.07 Å². The topological polar surface area (TPSA) is 63.2 Å². The van der Waals surface area contributed by atoms with Crippen molar-refractivity contribution in [2.45, 2.75) is 32.2 Å². The molecular formula is C14H21N3O2. The summed E-state index contributed by atoms with van der Waals surface area (Å²) in [4.78, 5) is 16.6. The summed E-state index contributed by atoms with van der Waals surface area (Å²) in [5.74, 6) is 0.706. The molecule has 0 atom stereocenters. The third kappa shape index (κ3) is 3.67. The molecule has 1 aliphatic rings. The molecule has 0 saturated carbocycles. The first kappa shape index (κ1) is 13.8. The Morgan fingerprint density at radius 3 is 2.79 bits per heavy atom. The van der Waals surface area contributed by atoms with Crippen LogP contribution >= 0.6 is 0 Å². The van der Waals surface area contributed by atoms with Gasteiger partial charge in [0.15, 0.2) is 0 Å². The molecule has 19 heavy (non-hydrogen) atoms. The van der Waals surface area contributed by atoms with Crippen molar-refractivity contribution in [3.8, 4) is 0 Å². The summed E-state index contributed by atoms with van der Waals surface area (Å²) in [6, 6.07) is 3.86. The van der Waals surface area contributed by atoms with Crippen LogP contribution in [0.25, 0.3) is 0 Å². The van der Waals surface area contributed by atoms with Crippen molar-refractivity contribution in [3.63, 3.8) is 0 Å². The van der Waals surface area contributed by atoms with Crippen molar-refractivity contribution < 1.29 is 9.53 Å². The molecule has 2 rings (SSSR count). The van der Waals surface area contributed by atoms with Crippen molar-refractivity contribution in [1.29, 1.82) is 0 Å². The van der Waals surface area contributed by atoms with E-state index >= 15 is 0 Å². The monoisotopic (exact) mass is 263 g/mol. The second kappa shape index (κ2) is 6.52. The zero-order valence-electron chi connectivity index (χ0n) is 11.5. The number of ether oxygens (including phenoxy) is 1. The zero-order valence-corrected chi connectivity index (χ0v) is 11.5. The average molecular weight is 263 g/mol. The van der Waals surface area contributed by atoms with E-state index in [1.165, 1.54) is 0 Å². The Hall–Kier alpha value is -1.62. The van der Waals surface area contributed by atoms with Crippen LogP contribution in [0, 0.1) is 0 Å². The summed E-state index contributed by atoms with van der Waals surface area (Å²) in [5.41, 5.74) is 1.59.